The molecule has 2 N–H and O–H groups in total. The summed E-state index contributed by atoms with van der Waals surface area (Å²) in [5, 5.41) is 0.221. The molecule has 8 heteroatoms. The van der Waals surface area contributed by atoms with Crippen LogP contribution in [0, 0.1) is 0 Å². The Bertz CT molecular complexity index is 1400. The lowest BCUT2D eigenvalue weighted by Crippen LogP contribution is -2.41. The Labute approximate surface area is 174 Å². The number of nitrogens with two attached hydrogens (primary N) is 1. The number of anilines is 1. The predicted octanol–water partition coefficient (Wildman–Crippen LogP) is 2.74. The highest BCUT2D eigenvalue weighted by atomic mass is 32.2. The van der Waals surface area contributed by atoms with E-state index in [1.807, 2.05) is 0 Å². The number of aromatic nitrogens is 3. The molecule has 0 radical (unpaired) electrons. The molecule has 0 aliphatic carbocycles. The SMILES string of the molecule is CCCCC[n+]1c(N)c(S(=O)(=O)c2ccccc2)cc2c(=O)n3ccccc3nc21. The molecule has 0 atom stereocenters. The van der Waals surface area contributed by atoms with Crippen molar-refractivity contribution in [3.05, 3.63) is 71.1 Å². The van der Waals surface area contributed by atoms with Crippen molar-refractivity contribution in [2.45, 2.75) is 42.5 Å². The first-order valence-electron chi connectivity index (χ1n) is 9.88. The van der Waals surface area contributed by atoms with Crippen molar-refractivity contribution in [1.82, 2.24) is 9.38 Å². The van der Waals surface area contributed by atoms with E-state index in [0.717, 1.165) is 19.3 Å². The number of nitrogens with zero attached hydrogens (tertiary/aromatic N) is 3. The van der Waals surface area contributed by atoms with Crippen molar-refractivity contribution in [2.75, 3.05) is 5.73 Å². The molecule has 0 fully saturated rings. The van der Waals surface area contributed by atoms with E-state index in [4.69, 9.17) is 5.73 Å². The second-order valence-electron chi connectivity index (χ2n) is 7.15. The number of fused-ring (bicyclic) bond motifs is 2. The number of aryl methyl sites for hydroxylation is 1. The summed E-state index contributed by atoms with van der Waals surface area (Å²) >= 11 is 0. The maximum atomic E-state index is 13.3. The third-order valence-corrected chi connectivity index (χ3v) is 6.95. The van der Waals surface area contributed by atoms with E-state index in [0.29, 0.717) is 17.8 Å². The van der Waals surface area contributed by atoms with E-state index >= 15 is 0 Å². The van der Waals surface area contributed by atoms with Gasteiger partial charge in [-0.2, -0.15) is 0 Å². The molecule has 0 saturated heterocycles. The Morgan fingerprint density at radius 2 is 1.80 bits per heavy atom. The van der Waals surface area contributed by atoms with Crippen molar-refractivity contribution in [1.29, 1.82) is 0 Å². The van der Waals surface area contributed by atoms with Crippen LogP contribution in [0.15, 0.2) is 75.4 Å². The minimum absolute atomic E-state index is 0.0764. The van der Waals surface area contributed by atoms with Crippen LogP contribution in [0.3, 0.4) is 0 Å². The van der Waals surface area contributed by atoms with E-state index in [-0.39, 0.29) is 26.6 Å². The Morgan fingerprint density at radius 1 is 1.07 bits per heavy atom. The van der Waals surface area contributed by atoms with E-state index < -0.39 is 9.84 Å². The number of pyridine rings is 2. The molecule has 4 aromatic rings. The highest BCUT2D eigenvalue weighted by molar-refractivity contribution is 7.91. The van der Waals surface area contributed by atoms with Crippen LogP contribution in [-0.4, -0.2) is 17.8 Å². The molecule has 0 bridgehead atoms. The normalized spacial score (nSPS) is 11.9. The summed E-state index contributed by atoms with van der Waals surface area (Å²) in [7, 11) is -3.91. The van der Waals surface area contributed by atoms with Gasteiger partial charge in [-0.3, -0.25) is 9.20 Å². The lowest BCUT2D eigenvalue weighted by molar-refractivity contribution is -0.660. The smallest absolute Gasteiger partial charge is 0.278 e. The third kappa shape index (κ3) is 3.33. The molecule has 0 aliphatic heterocycles. The summed E-state index contributed by atoms with van der Waals surface area (Å²) in [6, 6.07) is 14.7. The number of unbranched alkanes of at least 4 members (excludes halogenated alkanes) is 2. The topological polar surface area (TPSA) is 98.4 Å². The van der Waals surface area contributed by atoms with Crippen LogP contribution in [0.5, 0.6) is 0 Å². The van der Waals surface area contributed by atoms with E-state index in [9.17, 15) is 13.2 Å². The number of nitrogen functional groups attached to an aromatic ring is 1. The van der Waals surface area contributed by atoms with Gasteiger partial charge in [0.25, 0.3) is 11.2 Å². The first kappa shape index (κ1) is 20.0. The zero-order valence-electron chi connectivity index (χ0n) is 16.7. The van der Waals surface area contributed by atoms with E-state index in [1.165, 1.54) is 22.6 Å². The van der Waals surface area contributed by atoms with Gasteiger partial charge < -0.3 is 5.73 Å². The van der Waals surface area contributed by atoms with Gasteiger partial charge in [0.2, 0.25) is 21.3 Å². The summed E-state index contributed by atoms with van der Waals surface area (Å²) < 4.78 is 29.7. The molecule has 0 spiro atoms. The van der Waals surface area contributed by atoms with E-state index in [1.54, 1.807) is 47.2 Å². The highest BCUT2D eigenvalue weighted by Gasteiger charge is 2.29. The summed E-state index contributed by atoms with van der Waals surface area (Å²) in [6.45, 7) is 2.56. The first-order valence-corrected chi connectivity index (χ1v) is 11.4. The fourth-order valence-corrected chi connectivity index (χ4v) is 4.99. The molecule has 0 amide bonds. The second-order valence-corrected chi connectivity index (χ2v) is 9.07. The van der Waals surface area contributed by atoms with Gasteiger partial charge in [0.1, 0.15) is 10.3 Å². The van der Waals surface area contributed by atoms with Gasteiger partial charge in [-0.1, -0.05) is 49.0 Å². The molecule has 0 saturated carbocycles. The van der Waals surface area contributed by atoms with Gasteiger partial charge in [0.15, 0.2) is 0 Å². The standard InChI is InChI=1S/C22H22N4O3S/c1-2-3-8-14-26-20(23)18(30(28,29)16-10-5-4-6-11-16)15-17-21(26)24-19-12-7-9-13-25(19)22(17)27/h4-7,9-13,15,23H,2-3,8,14H2,1H3/p+1. The predicted molar refractivity (Wildman–Crippen MR) is 115 cm³/mol. The van der Waals surface area contributed by atoms with Gasteiger partial charge in [-0.05, 0) is 36.8 Å². The Morgan fingerprint density at radius 3 is 2.53 bits per heavy atom. The average Bonchev–Trinajstić information content (AvgIpc) is 2.76. The Balaban J connectivity index is 2.07. The Hall–Kier alpha value is -3.26. The zero-order chi connectivity index (χ0) is 21.3. The molecule has 3 aromatic heterocycles. The molecule has 154 valence electrons. The molecule has 3 heterocycles. The highest BCUT2D eigenvalue weighted by Crippen LogP contribution is 2.26. The third-order valence-electron chi connectivity index (χ3n) is 5.15. The largest absolute Gasteiger partial charge is 0.317 e. The van der Waals surface area contributed by atoms with Gasteiger partial charge in [-0.15, -0.1) is 0 Å². The van der Waals surface area contributed by atoms with Crippen LogP contribution in [0.25, 0.3) is 16.7 Å². The quantitative estimate of drug-likeness (QED) is 0.292. The summed E-state index contributed by atoms with van der Waals surface area (Å²) in [5.74, 6) is 0.0923. The molecule has 7 nitrogen and oxygen atoms in total. The molecular weight excluding hydrogens is 400 g/mol. The van der Waals surface area contributed by atoms with Gasteiger partial charge in [0, 0.05) is 6.20 Å². The average molecular weight is 424 g/mol. The second kappa shape index (κ2) is 7.87. The number of hydrogen-bond donors (Lipinski definition) is 1. The maximum absolute atomic E-state index is 13.3. The van der Waals surface area contributed by atoms with Crippen LogP contribution in [0.2, 0.25) is 0 Å². The fraction of sp³-hybridized carbons (Fsp3) is 0.227. The van der Waals surface area contributed by atoms with Crippen LogP contribution in [-0.2, 0) is 16.4 Å². The Kier molecular flexibility index (Phi) is 5.26. The molecule has 4 rings (SSSR count). The van der Waals surface area contributed by atoms with Crippen molar-refractivity contribution < 1.29 is 13.0 Å². The maximum Gasteiger partial charge on any atom is 0.278 e. The number of hydrogen-bond acceptors (Lipinski definition) is 5. The zero-order valence-corrected chi connectivity index (χ0v) is 17.5. The van der Waals surface area contributed by atoms with Crippen molar-refractivity contribution >= 4 is 32.3 Å². The van der Waals surface area contributed by atoms with Crippen molar-refractivity contribution in [2.24, 2.45) is 0 Å². The number of sulfone groups is 1. The lowest BCUT2D eigenvalue weighted by Gasteiger charge is -2.12. The van der Waals surface area contributed by atoms with Crippen LogP contribution >= 0.6 is 0 Å². The molecular formula is C22H23N4O3S+. The molecule has 30 heavy (non-hydrogen) atoms. The van der Waals surface area contributed by atoms with E-state index in [2.05, 4.69) is 11.9 Å². The van der Waals surface area contributed by atoms with Crippen LogP contribution < -0.4 is 15.9 Å². The number of benzene rings is 1. The van der Waals surface area contributed by atoms with Gasteiger partial charge in [-0.25, -0.2) is 13.0 Å². The van der Waals surface area contributed by atoms with Gasteiger partial charge >= 0.3 is 0 Å². The van der Waals surface area contributed by atoms with Crippen molar-refractivity contribution in [3.8, 4) is 0 Å². The summed E-state index contributed by atoms with van der Waals surface area (Å²) in [4.78, 5) is 17.8. The van der Waals surface area contributed by atoms with Gasteiger partial charge in [0.05, 0.1) is 11.4 Å². The molecule has 0 unspecified atom stereocenters. The number of rotatable bonds is 6. The minimum atomic E-state index is -3.91. The minimum Gasteiger partial charge on any atom is -0.317 e. The van der Waals surface area contributed by atoms with Crippen molar-refractivity contribution in [3.63, 3.8) is 0 Å². The molecule has 0 aliphatic rings. The van der Waals surface area contributed by atoms with Crippen LogP contribution in [0.1, 0.15) is 26.2 Å². The summed E-state index contributed by atoms with van der Waals surface area (Å²) in [5.41, 5.74) is 6.93. The monoisotopic (exact) mass is 423 g/mol. The summed E-state index contributed by atoms with van der Waals surface area (Å²) in [6.07, 6.45) is 4.37. The van der Waals surface area contributed by atoms with Crippen LogP contribution in [0.4, 0.5) is 5.82 Å². The molecule has 1 aromatic carbocycles. The lowest BCUT2D eigenvalue weighted by atomic mass is 10.2. The first-order chi connectivity index (χ1) is 14.4. The fourth-order valence-electron chi connectivity index (χ4n) is 3.56.